The maximum Gasteiger partial charge on any atom is 0.220 e. The van der Waals surface area contributed by atoms with E-state index in [0.717, 1.165) is 25.9 Å². The molecule has 2 rings (SSSR count). The van der Waals surface area contributed by atoms with Crippen LogP contribution in [0.25, 0.3) is 0 Å². The average molecular weight is 224 g/mol. The van der Waals surface area contributed by atoms with Gasteiger partial charge in [-0.15, -0.1) is 11.3 Å². The van der Waals surface area contributed by atoms with Gasteiger partial charge in [0.05, 0.1) is 6.04 Å². The standard InChI is InChI=1S/C11H16N2OS/c14-11(13-9-7-12-8-9)5-1-3-10-4-2-6-15-10/h2,4,6,9,12H,1,3,5,7-8H2,(H,13,14). The summed E-state index contributed by atoms with van der Waals surface area (Å²) in [6, 6.07) is 4.55. The van der Waals surface area contributed by atoms with Crippen molar-refractivity contribution in [2.75, 3.05) is 13.1 Å². The molecule has 1 aliphatic heterocycles. The summed E-state index contributed by atoms with van der Waals surface area (Å²) in [5, 5.41) is 8.21. The molecular formula is C11H16N2OS. The van der Waals surface area contributed by atoms with Crippen LogP contribution < -0.4 is 10.6 Å². The van der Waals surface area contributed by atoms with Crippen LogP contribution in [-0.4, -0.2) is 25.0 Å². The number of nitrogens with one attached hydrogen (secondary N) is 2. The third-order valence-corrected chi connectivity index (χ3v) is 3.49. The number of carbonyl (C=O) groups is 1. The molecule has 1 fully saturated rings. The van der Waals surface area contributed by atoms with Crippen molar-refractivity contribution in [3.63, 3.8) is 0 Å². The lowest BCUT2D eigenvalue weighted by atomic mass is 10.1. The van der Waals surface area contributed by atoms with Gasteiger partial charge in [0.2, 0.25) is 5.91 Å². The fourth-order valence-electron chi connectivity index (χ4n) is 1.57. The summed E-state index contributed by atoms with van der Waals surface area (Å²) < 4.78 is 0. The minimum Gasteiger partial charge on any atom is -0.351 e. The van der Waals surface area contributed by atoms with Crippen molar-refractivity contribution < 1.29 is 4.79 Å². The summed E-state index contributed by atoms with van der Waals surface area (Å²) in [5.74, 6) is 0.193. The highest BCUT2D eigenvalue weighted by Crippen LogP contribution is 2.11. The average Bonchev–Trinajstić information content (AvgIpc) is 2.64. The van der Waals surface area contributed by atoms with E-state index in [1.54, 1.807) is 11.3 Å². The van der Waals surface area contributed by atoms with Crippen LogP contribution in [0.15, 0.2) is 17.5 Å². The van der Waals surface area contributed by atoms with E-state index in [0.29, 0.717) is 12.5 Å². The van der Waals surface area contributed by atoms with Gasteiger partial charge in [0.25, 0.3) is 0 Å². The number of thiophene rings is 1. The van der Waals surface area contributed by atoms with Crippen LogP contribution in [0.3, 0.4) is 0 Å². The number of aryl methyl sites for hydroxylation is 1. The minimum atomic E-state index is 0.193. The predicted octanol–water partition coefficient (Wildman–Crippen LogP) is 1.16. The highest BCUT2D eigenvalue weighted by atomic mass is 32.1. The Labute approximate surface area is 93.9 Å². The van der Waals surface area contributed by atoms with Crippen LogP contribution in [0.4, 0.5) is 0 Å². The van der Waals surface area contributed by atoms with E-state index in [1.165, 1.54) is 4.88 Å². The van der Waals surface area contributed by atoms with Crippen LogP contribution in [0, 0.1) is 0 Å². The lowest BCUT2D eigenvalue weighted by molar-refractivity contribution is -0.122. The second-order valence-corrected chi connectivity index (χ2v) is 4.89. The topological polar surface area (TPSA) is 41.1 Å². The fourth-order valence-corrected chi connectivity index (χ4v) is 2.32. The van der Waals surface area contributed by atoms with Crippen molar-refractivity contribution in [3.8, 4) is 0 Å². The van der Waals surface area contributed by atoms with Crippen LogP contribution in [0.2, 0.25) is 0 Å². The van der Waals surface area contributed by atoms with Crippen LogP contribution in [0.1, 0.15) is 17.7 Å². The minimum absolute atomic E-state index is 0.193. The smallest absolute Gasteiger partial charge is 0.220 e. The van der Waals surface area contributed by atoms with Gasteiger partial charge in [-0.3, -0.25) is 4.79 Å². The molecule has 15 heavy (non-hydrogen) atoms. The Morgan fingerprint density at radius 3 is 3.07 bits per heavy atom. The van der Waals surface area contributed by atoms with Crippen LogP contribution >= 0.6 is 11.3 Å². The van der Waals surface area contributed by atoms with Crippen molar-refractivity contribution >= 4 is 17.2 Å². The van der Waals surface area contributed by atoms with E-state index in [4.69, 9.17) is 0 Å². The highest BCUT2D eigenvalue weighted by molar-refractivity contribution is 7.09. The summed E-state index contributed by atoms with van der Waals surface area (Å²) in [4.78, 5) is 12.8. The summed E-state index contributed by atoms with van der Waals surface area (Å²) in [7, 11) is 0. The molecule has 2 N–H and O–H groups in total. The molecule has 0 radical (unpaired) electrons. The van der Waals surface area contributed by atoms with Gasteiger partial charge in [-0.05, 0) is 24.3 Å². The molecule has 0 aromatic carbocycles. The van der Waals surface area contributed by atoms with Crippen molar-refractivity contribution in [2.45, 2.75) is 25.3 Å². The maximum atomic E-state index is 11.4. The van der Waals surface area contributed by atoms with E-state index >= 15 is 0 Å². The molecule has 2 heterocycles. The molecule has 1 saturated heterocycles. The largest absolute Gasteiger partial charge is 0.351 e. The molecule has 82 valence electrons. The number of hydrogen-bond acceptors (Lipinski definition) is 3. The molecule has 1 amide bonds. The molecule has 0 bridgehead atoms. The molecule has 4 heteroatoms. The van der Waals surface area contributed by atoms with Gasteiger partial charge in [0.1, 0.15) is 0 Å². The van der Waals surface area contributed by atoms with Crippen LogP contribution in [0.5, 0.6) is 0 Å². The molecule has 0 atom stereocenters. The van der Waals surface area contributed by atoms with E-state index in [1.807, 2.05) is 0 Å². The molecule has 1 aliphatic rings. The zero-order valence-electron chi connectivity index (χ0n) is 8.66. The fraction of sp³-hybridized carbons (Fsp3) is 0.545. The lowest BCUT2D eigenvalue weighted by Crippen LogP contribution is -2.56. The second-order valence-electron chi connectivity index (χ2n) is 3.86. The first-order chi connectivity index (χ1) is 7.34. The number of amides is 1. The second kappa shape index (κ2) is 5.28. The first-order valence-corrected chi connectivity index (χ1v) is 6.25. The zero-order chi connectivity index (χ0) is 10.5. The van der Waals surface area contributed by atoms with Gasteiger partial charge in [-0.2, -0.15) is 0 Å². The quantitative estimate of drug-likeness (QED) is 0.788. The predicted molar refractivity (Wildman–Crippen MR) is 62.1 cm³/mol. The Hall–Kier alpha value is -0.870. The molecular weight excluding hydrogens is 208 g/mol. The van der Waals surface area contributed by atoms with E-state index < -0.39 is 0 Å². The molecule has 0 unspecified atom stereocenters. The summed E-state index contributed by atoms with van der Waals surface area (Å²) in [5.41, 5.74) is 0. The van der Waals surface area contributed by atoms with E-state index in [-0.39, 0.29) is 5.91 Å². The van der Waals surface area contributed by atoms with Crippen molar-refractivity contribution in [3.05, 3.63) is 22.4 Å². The van der Waals surface area contributed by atoms with Gasteiger partial charge in [-0.25, -0.2) is 0 Å². The van der Waals surface area contributed by atoms with E-state index in [2.05, 4.69) is 28.1 Å². The monoisotopic (exact) mass is 224 g/mol. The van der Waals surface area contributed by atoms with Gasteiger partial charge in [-0.1, -0.05) is 6.07 Å². The maximum absolute atomic E-state index is 11.4. The van der Waals surface area contributed by atoms with Gasteiger partial charge in [0, 0.05) is 24.4 Å². The Kier molecular flexibility index (Phi) is 3.75. The Morgan fingerprint density at radius 2 is 2.47 bits per heavy atom. The molecule has 0 saturated carbocycles. The van der Waals surface area contributed by atoms with Gasteiger partial charge >= 0.3 is 0 Å². The summed E-state index contributed by atoms with van der Waals surface area (Å²) in [6.45, 7) is 1.85. The molecule has 3 nitrogen and oxygen atoms in total. The van der Waals surface area contributed by atoms with Crippen molar-refractivity contribution in [1.29, 1.82) is 0 Å². The summed E-state index contributed by atoms with van der Waals surface area (Å²) in [6.07, 6.45) is 2.62. The van der Waals surface area contributed by atoms with Crippen molar-refractivity contribution in [2.24, 2.45) is 0 Å². The van der Waals surface area contributed by atoms with Gasteiger partial charge < -0.3 is 10.6 Å². The Morgan fingerprint density at radius 1 is 1.60 bits per heavy atom. The van der Waals surface area contributed by atoms with Crippen molar-refractivity contribution in [1.82, 2.24) is 10.6 Å². The summed E-state index contributed by atoms with van der Waals surface area (Å²) >= 11 is 1.76. The SMILES string of the molecule is O=C(CCCc1cccs1)NC1CNC1. The zero-order valence-corrected chi connectivity index (χ0v) is 9.48. The number of rotatable bonds is 5. The van der Waals surface area contributed by atoms with Gasteiger partial charge in [0.15, 0.2) is 0 Å². The normalized spacial score (nSPS) is 16.0. The van der Waals surface area contributed by atoms with Crippen LogP contribution in [-0.2, 0) is 11.2 Å². The number of carbonyl (C=O) groups excluding carboxylic acids is 1. The van der Waals surface area contributed by atoms with E-state index in [9.17, 15) is 4.79 Å². The molecule has 1 aromatic heterocycles. The molecule has 0 aliphatic carbocycles. The first-order valence-electron chi connectivity index (χ1n) is 5.37. The third kappa shape index (κ3) is 3.32. The molecule has 1 aromatic rings. The first kappa shape index (κ1) is 10.6. The highest BCUT2D eigenvalue weighted by Gasteiger charge is 2.17. The lowest BCUT2D eigenvalue weighted by Gasteiger charge is -2.27. The number of hydrogen-bond donors (Lipinski definition) is 2. The third-order valence-electron chi connectivity index (χ3n) is 2.55. The molecule has 0 spiro atoms. The Balaban J connectivity index is 1.58. The Bertz CT molecular complexity index is 306.